The van der Waals surface area contributed by atoms with E-state index in [1.165, 1.54) is 36.0 Å². The molecule has 32 heavy (non-hydrogen) atoms. The van der Waals surface area contributed by atoms with Gasteiger partial charge >= 0.3 is 0 Å². The molecule has 1 aromatic rings. The number of ether oxygens (including phenoxy) is 1. The third-order valence-corrected chi connectivity index (χ3v) is 8.51. The maximum absolute atomic E-state index is 12.1. The minimum atomic E-state index is 0.224. The van der Waals surface area contributed by atoms with Crippen molar-refractivity contribution < 1.29 is 9.53 Å². The third kappa shape index (κ3) is 3.98. The number of carbonyl (C=O) groups is 1. The van der Waals surface area contributed by atoms with Crippen molar-refractivity contribution in [2.24, 2.45) is 17.3 Å². The summed E-state index contributed by atoms with van der Waals surface area (Å²) in [5.41, 5.74) is 13.0. The molecule has 5 rings (SSSR count). The first kappa shape index (κ1) is 23.3. The van der Waals surface area contributed by atoms with E-state index in [2.05, 4.69) is 26.0 Å². The van der Waals surface area contributed by atoms with Crippen LogP contribution in [-0.2, 0) is 9.53 Å². The Bertz CT molecular complexity index is 896. The maximum Gasteiger partial charge on any atom is 0.156 e. The molecule has 4 aliphatic carbocycles. The lowest BCUT2D eigenvalue weighted by molar-refractivity contribution is -0.114. The fraction of sp³-hybridized carbons (Fsp3) is 0.621. The molecular weight excluding hydrogens is 394 g/mol. The quantitative estimate of drug-likeness (QED) is 0.519. The molecule has 2 fully saturated rings. The standard InChI is InChI=1S/C27H35NO2.C2H6/c1-3-14-30-25-13-12-24-22-10-6-18-15-20(29)9-11-21(18)26(22)23(16-27(24,25)2)17-4-7-19(28)8-5-17;1-2/h4-5,7-8,15,22-25H,3,6,9-14,16,28H2,1-2H3;1-2H3. The Labute approximate surface area is 194 Å². The van der Waals surface area contributed by atoms with E-state index in [1.807, 2.05) is 32.1 Å². The van der Waals surface area contributed by atoms with Crippen LogP contribution in [0.25, 0.3) is 0 Å². The van der Waals surface area contributed by atoms with Gasteiger partial charge in [-0.1, -0.05) is 45.4 Å². The van der Waals surface area contributed by atoms with Gasteiger partial charge in [-0.25, -0.2) is 0 Å². The highest BCUT2D eigenvalue weighted by molar-refractivity contribution is 5.93. The van der Waals surface area contributed by atoms with Crippen LogP contribution in [0.4, 0.5) is 5.69 Å². The van der Waals surface area contributed by atoms with Crippen molar-refractivity contribution in [3.8, 4) is 0 Å². The average molecular weight is 436 g/mol. The Morgan fingerprint density at radius 1 is 1.06 bits per heavy atom. The van der Waals surface area contributed by atoms with Gasteiger partial charge in [0.1, 0.15) is 0 Å². The number of hydrogen-bond acceptors (Lipinski definition) is 3. The molecule has 0 radical (unpaired) electrons. The molecule has 0 heterocycles. The van der Waals surface area contributed by atoms with Gasteiger partial charge in [-0.3, -0.25) is 4.79 Å². The Balaban J connectivity index is 0.00000119. The van der Waals surface area contributed by atoms with Gasteiger partial charge in [0.2, 0.25) is 0 Å². The van der Waals surface area contributed by atoms with Crippen LogP contribution >= 0.6 is 0 Å². The van der Waals surface area contributed by atoms with Gasteiger partial charge in [0.15, 0.2) is 5.78 Å². The molecule has 0 saturated heterocycles. The first-order valence-corrected chi connectivity index (χ1v) is 12.9. The fourth-order valence-electron chi connectivity index (χ4n) is 7.17. The highest BCUT2D eigenvalue weighted by Crippen LogP contribution is 2.64. The molecule has 0 bridgehead atoms. The summed E-state index contributed by atoms with van der Waals surface area (Å²) in [4.78, 5) is 12.1. The summed E-state index contributed by atoms with van der Waals surface area (Å²) in [6.45, 7) is 9.58. The SMILES string of the molecule is CC.CCCOC1CCC2C3CCC4=CC(=O)CCC4=C3C(c3ccc(N)cc3)CC12C. The molecule has 5 atom stereocenters. The monoisotopic (exact) mass is 435 g/mol. The average Bonchev–Trinajstić information content (AvgIpc) is 3.14. The summed E-state index contributed by atoms with van der Waals surface area (Å²) in [6, 6.07) is 8.57. The van der Waals surface area contributed by atoms with Gasteiger partial charge in [0, 0.05) is 24.6 Å². The minimum absolute atomic E-state index is 0.224. The van der Waals surface area contributed by atoms with Crippen molar-refractivity contribution in [3.63, 3.8) is 0 Å². The summed E-state index contributed by atoms with van der Waals surface area (Å²) in [5.74, 6) is 2.05. The molecule has 0 amide bonds. The molecule has 0 spiro atoms. The highest BCUT2D eigenvalue weighted by Gasteiger charge is 2.57. The zero-order chi connectivity index (χ0) is 22.9. The number of allylic oxidation sites excluding steroid dienone is 4. The number of ketones is 1. The number of hydrogen-bond donors (Lipinski definition) is 1. The van der Waals surface area contributed by atoms with E-state index >= 15 is 0 Å². The molecule has 3 nitrogen and oxygen atoms in total. The topological polar surface area (TPSA) is 52.3 Å². The van der Waals surface area contributed by atoms with Gasteiger partial charge < -0.3 is 10.5 Å². The van der Waals surface area contributed by atoms with Crippen LogP contribution in [-0.4, -0.2) is 18.5 Å². The first-order chi connectivity index (χ1) is 15.5. The summed E-state index contributed by atoms with van der Waals surface area (Å²) in [5, 5.41) is 0. The van der Waals surface area contributed by atoms with E-state index in [0.29, 0.717) is 36.1 Å². The molecule has 0 aliphatic heterocycles. The lowest BCUT2D eigenvalue weighted by Crippen LogP contribution is -2.45. The predicted molar refractivity (Wildman–Crippen MR) is 132 cm³/mol. The summed E-state index contributed by atoms with van der Waals surface area (Å²) in [6.07, 6.45) is 10.9. The van der Waals surface area contributed by atoms with Gasteiger partial charge in [0.05, 0.1) is 6.10 Å². The molecule has 2 saturated carbocycles. The predicted octanol–water partition coefficient (Wildman–Crippen LogP) is 6.99. The zero-order valence-corrected chi connectivity index (χ0v) is 20.5. The van der Waals surface area contributed by atoms with E-state index in [9.17, 15) is 4.79 Å². The largest absolute Gasteiger partial charge is 0.399 e. The van der Waals surface area contributed by atoms with Gasteiger partial charge in [-0.2, -0.15) is 0 Å². The van der Waals surface area contributed by atoms with Gasteiger partial charge in [0.25, 0.3) is 0 Å². The molecule has 0 aromatic heterocycles. The second-order valence-electron chi connectivity index (χ2n) is 10.2. The number of nitrogen functional groups attached to an aromatic ring is 1. The molecular formula is C29H41NO2. The van der Waals surface area contributed by atoms with Crippen molar-refractivity contribution in [3.05, 3.63) is 52.6 Å². The zero-order valence-electron chi connectivity index (χ0n) is 20.5. The van der Waals surface area contributed by atoms with Crippen LogP contribution in [0.5, 0.6) is 0 Å². The highest BCUT2D eigenvalue weighted by atomic mass is 16.5. The number of rotatable bonds is 4. The number of carbonyl (C=O) groups excluding carboxylic acids is 1. The lowest BCUT2D eigenvalue weighted by atomic mass is 9.53. The fourth-order valence-corrected chi connectivity index (χ4v) is 7.17. The second-order valence-corrected chi connectivity index (χ2v) is 10.2. The third-order valence-electron chi connectivity index (χ3n) is 8.51. The van der Waals surface area contributed by atoms with E-state index in [1.54, 1.807) is 5.57 Å². The molecule has 4 aliphatic rings. The van der Waals surface area contributed by atoms with Crippen molar-refractivity contribution in [2.45, 2.75) is 91.1 Å². The second kappa shape index (κ2) is 9.55. The van der Waals surface area contributed by atoms with Gasteiger partial charge in [-0.15, -0.1) is 0 Å². The van der Waals surface area contributed by atoms with Crippen LogP contribution in [0, 0.1) is 17.3 Å². The minimum Gasteiger partial charge on any atom is -0.399 e. The van der Waals surface area contributed by atoms with Gasteiger partial charge in [-0.05, 0) is 97.1 Å². The number of benzene rings is 1. The van der Waals surface area contributed by atoms with Crippen molar-refractivity contribution in [1.29, 1.82) is 0 Å². The molecule has 174 valence electrons. The van der Waals surface area contributed by atoms with Crippen molar-refractivity contribution in [2.75, 3.05) is 12.3 Å². The van der Waals surface area contributed by atoms with Crippen LogP contribution in [0.2, 0.25) is 0 Å². The van der Waals surface area contributed by atoms with E-state index < -0.39 is 0 Å². The first-order valence-electron chi connectivity index (χ1n) is 12.9. The van der Waals surface area contributed by atoms with Crippen molar-refractivity contribution >= 4 is 11.5 Å². The molecule has 1 aromatic carbocycles. The Kier molecular flexibility index (Phi) is 6.95. The van der Waals surface area contributed by atoms with E-state index in [0.717, 1.165) is 38.0 Å². The number of nitrogens with two attached hydrogens (primary N) is 1. The molecule has 3 heteroatoms. The van der Waals surface area contributed by atoms with Crippen LogP contribution in [0.3, 0.4) is 0 Å². The van der Waals surface area contributed by atoms with Crippen molar-refractivity contribution in [1.82, 2.24) is 0 Å². The van der Waals surface area contributed by atoms with Crippen LogP contribution < -0.4 is 5.73 Å². The summed E-state index contributed by atoms with van der Waals surface area (Å²) < 4.78 is 6.44. The van der Waals surface area contributed by atoms with Crippen LogP contribution in [0.1, 0.15) is 90.5 Å². The Hall–Kier alpha value is -1.87. The Morgan fingerprint density at radius 3 is 2.53 bits per heavy atom. The summed E-state index contributed by atoms with van der Waals surface area (Å²) in [7, 11) is 0. The maximum atomic E-state index is 12.1. The number of fused-ring (bicyclic) bond motifs is 4. The van der Waals surface area contributed by atoms with Crippen LogP contribution in [0.15, 0.2) is 47.1 Å². The molecule has 2 N–H and O–H groups in total. The van der Waals surface area contributed by atoms with E-state index in [-0.39, 0.29) is 5.41 Å². The number of anilines is 1. The smallest absolute Gasteiger partial charge is 0.156 e. The molecule has 5 unspecified atom stereocenters. The lowest BCUT2D eigenvalue weighted by Gasteiger charge is -2.52. The normalized spacial score (nSPS) is 33.5. The summed E-state index contributed by atoms with van der Waals surface area (Å²) >= 11 is 0. The van der Waals surface area contributed by atoms with E-state index in [4.69, 9.17) is 10.5 Å². The Morgan fingerprint density at radius 2 is 1.81 bits per heavy atom.